The predicted octanol–water partition coefficient (Wildman–Crippen LogP) is 1.72. The Balaban J connectivity index is -0.000000266. The number of aliphatic hydroxyl groups is 4. The zero-order chi connectivity index (χ0) is 18.8. The normalized spacial score (nSPS) is 15.7. The van der Waals surface area contributed by atoms with Gasteiger partial charge in [-0.1, -0.05) is 13.8 Å². The Hall–Kier alpha value is -0.240. The van der Waals surface area contributed by atoms with E-state index >= 15 is 0 Å². The van der Waals surface area contributed by atoms with Crippen LogP contribution in [0.3, 0.4) is 0 Å². The van der Waals surface area contributed by atoms with Crippen LogP contribution in [0.2, 0.25) is 0 Å². The zero-order valence-electron chi connectivity index (χ0n) is 16.0. The largest absolute Gasteiger partial charge is 0.391 e. The number of rotatable bonds is 9. The van der Waals surface area contributed by atoms with Crippen molar-refractivity contribution in [2.45, 2.75) is 91.8 Å². The van der Waals surface area contributed by atoms with Crippen molar-refractivity contribution in [3.05, 3.63) is 0 Å². The molecule has 0 radical (unpaired) electrons. The second-order valence-electron chi connectivity index (χ2n) is 5.43. The Labute approximate surface area is 142 Å². The van der Waals surface area contributed by atoms with E-state index in [0.717, 1.165) is 13.0 Å². The van der Waals surface area contributed by atoms with Crippen LogP contribution in [0.4, 0.5) is 0 Å². The van der Waals surface area contributed by atoms with E-state index in [1.165, 1.54) is 6.92 Å². The van der Waals surface area contributed by atoms with Gasteiger partial charge < -0.3 is 29.9 Å². The minimum atomic E-state index is -1.00. The molecule has 0 bridgehead atoms. The number of aliphatic hydroxyl groups excluding tert-OH is 4. The van der Waals surface area contributed by atoms with Crippen LogP contribution in [0.15, 0.2) is 0 Å². The Bertz CT molecular complexity index is 211. The molecule has 6 heteroatoms. The van der Waals surface area contributed by atoms with Crippen LogP contribution in [0.25, 0.3) is 0 Å². The molecule has 0 heterocycles. The van der Waals surface area contributed by atoms with Gasteiger partial charge in [-0.2, -0.15) is 0 Å². The number of hydrogen-bond donors (Lipinski definition) is 4. The highest BCUT2D eigenvalue weighted by atomic mass is 16.5. The van der Waals surface area contributed by atoms with E-state index in [1.54, 1.807) is 6.92 Å². The van der Waals surface area contributed by atoms with E-state index < -0.39 is 18.3 Å². The molecule has 6 nitrogen and oxygen atoms in total. The number of hydrogen-bond acceptors (Lipinski definition) is 6. The van der Waals surface area contributed by atoms with Crippen molar-refractivity contribution in [2.24, 2.45) is 0 Å². The first-order valence-electron chi connectivity index (χ1n) is 8.59. The summed E-state index contributed by atoms with van der Waals surface area (Å²) >= 11 is 0. The quantitative estimate of drug-likeness (QED) is 0.510. The van der Waals surface area contributed by atoms with Crippen molar-refractivity contribution in [1.29, 1.82) is 0 Å². The van der Waals surface area contributed by atoms with E-state index in [2.05, 4.69) is 0 Å². The summed E-state index contributed by atoms with van der Waals surface area (Å²) in [6.45, 7) is 15.1. The van der Waals surface area contributed by atoms with Crippen molar-refractivity contribution >= 4 is 0 Å². The minimum absolute atomic E-state index is 0.269. The van der Waals surface area contributed by atoms with Gasteiger partial charge in [0, 0.05) is 13.2 Å². The highest BCUT2D eigenvalue weighted by Gasteiger charge is 2.18. The van der Waals surface area contributed by atoms with Crippen molar-refractivity contribution in [3.8, 4) is 0 Å². The smallest absolute Gasteiger partial charge is 0.105 e. The summed E-state index contributed by atoms with van der Waals surface area (Å²) in [5.74, 6) is 0. The van der Waals surface area contributed by atoms with Gasteiger partial charge in [0.15, 0.2) is 0 Å². The van der Waals surface area contributed by atoms with Gasteiger partial charge in [0.2, 0.25) is 0 Å². The second-order valence-corrected chi connectivity index (χ2v) is 5.43. The van der Waals surface area contributed by atoms with Gasteiger partial charge in [-0.25, -0.2) is 0 Å². The monoisotopic (exact) mass is 340 g/mol. The molecule has 0 aliphatic rings. The van der Waals surface area contributed by atoms with Crippen LogP contribution >= 0.6 is 0 Å². The standard InChI is InChI=1S/C6H14O3.C6H14O2.C5H12O/c1-3-5(8)6(9)4(2)7;1-3-6(7)5-8-4-2;1-4-6-5(2)3/h4-9H,3H2,1-2H3;6-7H,3-5H2,1-2H3;5H,4H2,1-3H3. The van der Waals surface area contributed by atoms with Crippen LogP contribution in [0.1, 0.15) is 61.3 Å². The average molecular weight is 341 g/mol. The molecule has 144 valence electrons. The highest BCUT2D eigenvalue weighted by Crippen LogP contribution is 2.01. The number of ether oxygens (including phenoxy) is 2. The summed E-state index contributed by atoms with van der Waals surface area (Å²) in [6.07, 6.45) is -1.28. The fraction of sp³-hybridized carbons (Fsp3) is 1.00. The minimum Gasteiger partial charge on any atom is -0.391 e. The van der Waals surface area contributed by atoms with Gasteiger partial charge in [-0.05, 0) is 47.5 Å². The lowest BCUT2D eigenvalue weighted by Crippen LogP contribution is -2.34. The first-order chi connectivity index (χ1) is 10.7. The molecule has 0 saturated carbocycles. The van der Waals surface area contributed by atoms with Gasteiger partial charge in [-0.15, -0.1) is 0 Å². The van der Waals surface area contributed by atoms with Crippen LogP contribution in [0, 0.1) is 0 Å². The van der Waals surface area contributed by atoms with E-state index in [9.17, 15) is 0 Å². The van der Waals surface area contributed by atoms with Crippen LogP contribution < -0.4 is 0 Å². The second kappa shape index (κ2) is 19.8. The van der Waals surface area contributed by atoms with Crippen molar-refractivity contribution in [3.63, 3.8) is 0 Å². The molecule has 0 aromatic carbocycles. The molecule has 0 aliphatic heterocycles. The van der Waals surface area contributed by atoms with Crippen LogP contribution in [0.5, 0.6) is 0 Å². The van der Waals surface area contributed by atoms with Gasteiger partial charge >= 0.3 is 0 Å². The first-order valence-corrected chi connectivity index (χ1v) is 8.59. The Morgan fingerprint density at radius 1 is 0.783 bits per heavy atom. The zero-order valence-corrected chi connectivity index (χ0v) is 16.0. The molecule has 0 aromatic heterocycles. The molecule has 0 aliphatic carbocycles. The SMILES string of the molecule is CCC(O)C(O)C(C)O.CCOC(C)C.CCOCC(O)CC. The molecule has 0 aromatic rings. The fourth-order valence-corrected chi connectivity index (χ4v) is 1.27. The average Bonchev–Trinajstić information content (AvgIpc) is 2.51. The van der Waals surface area contributed by atoms with E-state index in [0.29, 0.717) is 25.7 Å². The topological polar surface area (TPSA) is 99.4 Å². The lowest BCUT2D eigenvalue weighted by Gasteiger charge is -2.17. The lowest BCUT2D eigenvalue weighted by atomic mass is 10.1. The maximum atomic E-state index is 8.89. The van der Waals surface area contributed by atoms with Gasteiger partial charge in [0.25, 0.3) is 0 Å². The van der Waals surface area contributed by atoms with Crippen LogP contribution in [-0.4, -0.2) is 70.8 Å². The predicted molar refractivity (Wildman–Crippen MR) is 93.5 cm³/mol. The van der Waals surface area contributed by atoms with E-state index in [4.69, 9.17) is 29.9 Å². The molecule has 23 heavy (non-hydrogen) atoms. The summed E-state index contributed by atoms with van der Waals surface area (Å²) in [5, 5.41) is 35.4. The molecule has 4 atom stereocenters. The molecule has 0 fully saturated rings. The maximum Gasteiger partial charge on any atom is 0.105 e. The van der Waals surface area contributed by atoms with Crippen molar-refractivity contribution < 1.29 is 29.9 Å². The van der Waals surface area contributed by atoms with Crippen molar-refractivity contribution in [1.82, 2.24) is 0 Å². The molecule has 0 saturated heterocycles. The third-order valence-electron chi connectivity index (χ3n) is 2.79. The molecule has 0 spiro atoms. The van der Waals surface area contributed by atoms with Gasteiger partial charge in [0.05, 0.1) is 31.0 Å². The summed E-state index contributed by atoms with van der Waals surface area (Å²) in [7, 11) is 0. The van der Waals surface area contributed by atoms with Gasteiger partial charge in [-0.3, -0.25) is 0 Å². The molecule has 0 rings (SSSR count). The Morgan fingerprint density at radius 3 is 1.48 bits per heavy atom. The maximum absolute atomic E-state index is 8.89. The van der Waals surface area contributed by atoms with E-state index in [-0.39, 0.29) is 6.10 Å². The molecule has 4 N–H and O–H groups in total. The fourth-order valence-electron chi connectivity index (χ4n) is 1.27. The van der Waals surface area contributed by atoms with Crippen molar-refractivity contribution in [2.75, 3.05) is 19.8 Å². The molecular weight excluding hydrogens is 300 g/mol. The summed E-state index contributed by atoms with van der Waals surface area (Å²) in [4.78, 5) is 0. The highest BCUT2D eigenvalue weighted by molar-refractivity contribution is 4.69. The van der Waals surface area contributed by atoms with Crippen LogP contribution in [-0.2, 0) is 9.47 Å². The lowest BCUT2D eigenvalue weighted by molar-refractivity contribution is -0.0524. The molecule has 0 amide bonds. The third-order valence-corrected chi connectivity index (χ3v) is 2.79. The Kier molecular flexibility index (Phi) is 23.8. The van der Waals surface area contributed by atoms with E-state index in [1.807, 2.05) is 34.6 Å². The Morgan fingerprint density at radius 2 is 1.30 bits per heavy atom. The van der Waals surface area contributed by atoms with Gasteiger partial charge in [0.1, 0.15) is 6.10 Å². The summed E-state index contributed by atoms with van der Waals surface area (Å²) in [5.41, 5.74) is 0. The summed E-state index contributed by atoms with van der Waals surface area (Å²) in [6, 6.07) is 0. The third kappa shape index (κ3) is 24.1. The summed E-state index contributed by atoms with van der Waals surface area (Å²) < 4.78 is 9.98. The molecule has 4 unspecified atom stereocenters. The molecular formula is C17H40O6. The first kappa shape index (κ1) is 27.6.